The second kappa shape index (κ2) is 6.20. The van der Waals surface area contributed by atoms with E-state index in [4.69, 9.17) is 4.42 Å². The van der Waals surface area contributed by atoms with Crippen LogP contribution in [-0.2, 0) is 4.79 Å². The molecule has 23 heavy (non-hydrogen) atoms. The number of amides is 1. The monoisotopic (exact) mass is 397 g/mol. The normalized spacial score (nSPS) is 17.1. The molecule has 0 unspecified atom stereocenters. The van der Waals surface area contributed by atoms with Crippen LogP contribution >= 0.6 is 27.7 Å². The molecule has 2 heterocycles. The number of benzene rings is 1. The Morgan fingerprint density at radius 1 is 1.30 bits per heavy atom. The molecule has 0 bridgehead atoms. The van der Waals surface area contributed by atoms with Crippen molar-refractivity contribution < 1.29 is 19.1 Å². The average molecular weight is 398 g/mol. The SMILES string of the molecule is Cc1cc(Br)c2oc(C(=O)NC3(C(=O)O)CCSCC3)cc2c1. The number of furan rings is 1. The molecule has 3 rings (SSSR count). The zero-order valence-electron chi connectivity index (χ0n) is 12.5. The predicted octanol–water partition coefficient (Wildman–Crippen LogP) is 3.58. The maximum atomic E-state index is 12.5. The number of hydrogen-bond acceptors (Lipinski definition) is 4. The quantitative estimate of drug-likeness (QED) is 0.826. The number of rotatable bonds is 3. The summed E-state index contributed by atoms with van der Waals surface area (Å²) in [6.07, 6.45) is 0.837. The Morgan fingerprint density at radius 2 is 2.00 bits per heavy atom. The molecule has 0 atom stereocenters. The van der Waals surface area contributed by atoms with Crippen molar-refractivity contribution >= 4 is 50.5 Å². The van der Waals surface area contributed by atoms with Crippen molar-refractivity contribution in [2.24, 2.45) is 0 Å². The van der Waals surface area contributed by atoms with Gasteiger partial charge in [-0.25, -0.2) is 4.79 Å². The zero-order valence-corrected chi connectivity index (χ0v) is 14.9. The van der Waals surface area contributed by atoms with Gasteiger partial charge in [-0.3, -0.25) is 4.79 Å². The van der Waals surface area contributed by atoms with Gasteiger partial charge in [0.1, 0.15) is 11.1 Å². The molecule has 1 aliphatic heterocycles. The number of aliphatic carboxylic acids is 1. The third-order valence-corrected chi connectivity index (χ3v) is 5.62. The third-order valence-electron chi connectivity index (χ3n) is 4.05. The lowest BCUT2D eigenvalue weighted by molar-refractivity contribution is -0.144. The number of carbonyl (C=O) groups excluding carboxylic acids is 1. The second-order valence-electron chi connectivity index (χ2n) is 5.73. The summed E-state index contributed by atoms with van der Waals surface area (Å²) in [5.74, 6) is 0.0963. The molecule has 0 saturated carbocycles. The van der Waals surface area contributed by atoms with Crippen molar-refractivity contribution in [1.82, 2.24) is 5.32 Å². The van der Waals surface area contributed by atoms with E-state index < -0.39 is 17.4 Å². The smallest absolute Gasteiger partial charge is 0.329 e. The summed E-state index contributed by atoms with van der Waals surface area (Å²) in [6, 6.07) is 5.48. The van der Waals surface area contributed by atoms with Crippen LogP contribution in [0.1, 0.15) is 29.0 Å². The first-order valence-corrected chi connectivity index (χ1v) is 9.19. The molecule has 1 aliphatic rings. The van der Waals surface area contributed by atoms with Crippen molar-refractivity contribution in [1.29, 1.82) is 0 Å². The highest BCUT2D eigenvalue weighted by molar-refractivity contribution is 9.10. The highest BCUT2D eigenvalue weighted by Gasteiger charge is 2.41. The lowest BCUT2D eigenvalue weighted by Gasteiger charge is -2.33. The van der Waals surface area contributed by atoms with E-state index in [0.29, 0.717) is 18.4 Å². The van der Waals surface area contributed by atoms with Crippen LogP contribution in [0, 0.1) is 6.92 Å². The van der Waals surface area contributed by atoms with Gasteiger partial charge < -0.3 is 14.8 Å². The summed E-state index contributed by atoms with van der Waals surface area (Å²) in [5.41, 5.74) is 0.432. The maximum absolute atomic E-state index is 12.5. The Bertz CT molecular complexity index is 780. The van der Waals surface area contributed by atoms with Gasteiger partial charge in [0.05, 0.1) is 4.47 Å². The molecule has 0 spiro atoms. The number of aryl methyl sites for hydroxylation is 1. The van der Waals surface area contributed by atoms with E-state index in [2.05, 4.69) is 21.2 Å². The fourth-order valence-corrected chi connectivity index (χ4v) is 4.62. The van der Waals surface area contributed by atoms with Crippen molar-refractivity contribution in [3.05, 3.63) is 34.0 Å². The van der Waals surface area contributed by atoms with E-state index in [-0.39, 0.29) is 5.76 Å². The molecule has 1 aromatic carbocycles. The van der Waals surface area contributed by atoms with Crippen LogP contribution in [0.2, 0.25) is 0 Å². The van der Waals surface area contributed by atoms with Gasteiger partial charge in [-0.2, -0.15) is 11.8 Å². The first-order chi connectivity index (χ1) is 10.9. The highest BCUT2D eigenvalue weighted by atomic mass is 79.9. The Balaban J connectivity index is 1.91. The maximum Gasteiger partial charge on any atom is 0.329 e. The van der Waals surface area contributed by atoms with Gasteiger partial charge in [0.2, 0.25) is 0 Å². The van der Waals surface area contributed by atoms with Crippen LogP contribution < -0.4 is 5.32 Å². The van der Waals surface area contributed by atoms with E-state index in [0.717, 1.165) is 26.9 Å². The fraction of sp³-hybridized carbons (Fsp3) is 0.375. The average Bonchev–Trinajstić information content (AvgIpc) is 2.92. The Hall–Kier alpha value is -1.47. The fourth-order valence-electron chi connectivity index (χ4n) is 2.75. The number of thioether (sulfide) groups is 1. The number of fused-ring (bicyclic) bond motifs is 1. The number of carbonyl (C=O) groups is 2. The van der Waals surface area contributed by atoms with Gasteiger partial charge >= 0.3 is 5.97 Å². The molecular weight excluding hydrogens is 382 g/mol. The summed E-state index contributed by atoms with van der Waals surface area (Å²) < 4.78 is 6.40. The van der Waals surface area contributed by atoms with Gasteiger partial charge in [-0.15, -0.1) is 0 Å². The number of nitrogens with one attached hydrogen (secondary N) is 1. The summed E-state index contributed by atoms with van der Waals surface area (Å²) in [4.78, 5) is 24.2. The molecule has 1 aromatic heterocycles. The molecule has 1 amide bonds. The summed E-state index contributed by atoms with van der Waals surface area (Å²) in [6.45, 7) is 1.95. The van der Waals surface area contributed by atoms with Gasteiger partial charge in [-0.1, -0.05) is 0 Å². The van der Waals surface area contributed by atoms with Gasteiger partial charge in [0.25, 0.3) is 5.91 Å². The number of carboxylic acids is 1. The van der Waals surface area contributed by atoms with Crippen molar-refractivity contribution in [3.63, 3.8) is 0 Å². The Labute approximate surface area is 145 Å². The van der Waals surface area contributed by atoms with Crippen LogP contribution in [0.4, 0.5) is 0 Å². The van der Waals surface area contributed by atoms with Crippen molar-refractivity contribution in [2.45, 2.75) is 25.3 Å². The Morgan fingerprint density at radius 3 is 2.65 bits per heavy atom. The molecule has 0 radical (unpaired) electrons. The van der Waals surface area contributed by atoms with E-state index in [9.17, 15) is 14.7 Å². The summed E-state index contributed by atoms with van der Waals surface area (Å²) in [7, 11) is 0. The van der Waals surface area contributed by atoms with E-state index in [1.54, 1.807) is 17.8 Å². The van der Waals surface area contributed by atoms with Gasteiger partial charge in [0, 0.05) is 5.39 Å². The minimum atomic E-state index is -1.20. The minimum absolute atomic E-state index is 0.130. The molecule has 1 saturated heterocycles. The molecule has 2 N–H and O–H groups in total. The molecular formula is C16H16BrNO4S. The van der Waals surface area contributed by atoms with Crippen molar-refractivity contribution in [3.8, 4) is 0 Å². The topological polar surface area (TPSA) is 79.5 Å². The zero-order chi connectivity index (χ0) is 16.6. The van der Waals surface area contributed by atoms with Gasteiger partial charge in [-0.05, 0) is 71.0 Å². The van der Waals surface area contributed by atoms with E-state index in [1.165, 1.54) is 0 Å². The van der Waals surface area contributed by atoms with E-state index >= 15 is 0 Å². The largest absolute Gasteiger partial charge is 0.480 e. The second-order valence-corrected chi connectivity index (χ2v) is 7.81. The van der Waals surface area contributed by atoms with Crippen molar-refractivity contribution in [2.75, 3.05) is 11.5 Å². The minimum Gasteiger partial charge on any atom is -0.480 e. The van der Waals surface area contributed by atoms with Crippen LogP contribution in [0.3, 0.4) is 0 Å². The van der Waals surface area contributed by atoms with Crippen LogP contribution in [-0.4, -0.2) is 34.0 Å². The third kappa shape index (κ3) is 3.12. The molecule has 7 heteroatoms. The predicted molar refractivity (Wildman–Crippen MR) is 93.0 cm³/mol. The summed E-state index contributed by atoms with van der Waals surface area (Å²) >= 11 is 5.12. The van der Waals surface area contributed by atoms with Crippen LogP contribution in [0.25, 0.3) is 11.0 Å². The van der Waals surface area contributed by atoms with E-state index in [1.807, 2.05) is 19.1 Å². The lowest BCUT2D eigenvalue weighted by atomic mass is 9.92. The number of carboxylic acid groups (broad SMARTS) is 1. The molecule has 5 nitrogen and oxygen atoms in total. The molecule has 1 fully saturated rings. The standard InChI is InChI=1S/C16H16BrNO4S/c1-9-6-10-8-12(22-13(10)11(17)7-9)14(19)18-16(15(20)21)2-4-23-5-3-16/h6-8H,2-5H2,1H3,(H,18,19)(H,20,21). The van der Waals surface area contributed by atoms with Gasteiger partial charge in [0.15, 0.2) is 5.76 Å². The highest BCUT2D eigenvalue weighted by Crippen LogP contribution is 2.31. The number of halogens is 1. The molecule has 2 aromatic rings. The number of hydrogen-bond donors (Lipinski definition) is 2. The summed E-state index contributed by atoms with van der Waals surface area (Å²) in [5, 5.41) is 13.0. The first-order valence-electron chi connectivity index (χ1n) is 7.25. The molecule has 0 aliphatic carbocycles. The lowest BCUT2D eigenvalue weighted by Crippen LogP contribution is -2.56. The van der Waals surface area contributed by atoms with Crippen LogP contribution in [0.15, 0.2) is 27.1 Å². The molecule has 122 valence electrons. The van der Waals surface area contributed by atoms with Crippen LogP contribution in [0.5, 0.6) is 0 Å². The first kappa shape index (κ1) is 16.4. The Kier molecular flexibility index (Phi) is 4.42.